The summed E-state index contributed by atoms with van der Waals surface area (Å²) in [5.74, 6) is 0.235. The van der Waals surface area contributed by atoms with Gasteiger partial charge in [0, 0.05) is 7.05 Å². The van der Waals surface area contributed by atoms with Gasteiger partial charge in [-0.2, -0.15) is 13.2 Å². The fraction of sp³-hybridized carbons (Fsp3) is 0.600. The van der Waals surface area contributed by atoms with Crippen molar-refractivity contribution in [2.24, 2.45) is 18.9 Å². The van der Waals surface area contributed by atoms with Crippen LogP contribution in [-0.2, 0) is 23.1 Å². The first-order valence-corrected chi connectivity index (χ1v) is 12.1. The van der Waals surface area contributed by atoms with Crippen molar-refractivity contribution in [1.29, 1.82) is 0 Å². The molecule has 2 aliphatic rings. The molecule has 32 heavy (non-hydrogen) atoms. The molecule has 2 saturated carbocycles. The van der Waals surface area contributed by atoms with Crippen LogP contribution in [0.15, 0.2) is 17.3 Å². The third kappa shape index (κ3) is 4.94. The highest BCUT2D eigenvalue weighted by molar-refractivity contribution is 7.91. The van der Waals surface area contributed by atoms with Gasteiger partial charge in [0.15, 0.2) is 5.82 Å². The minimum Gasteiger partial charge on any atom is -0.342 e. The Balaban J connectivity index is 1.58. The summed E-state index contributed by atoms with van der Waals surface area (Å²) in [6.45, 7) is 1.34. The van der Waals surface area contributed by atoms with Crippen LogP contribution in [0.5, 0.6) is 0 Å². The van der Waals surface area contributed by atoms with E-state index in [4.69, 9.17) is 0 Å². The molecule has 2 aromatic heterocycles. The van der Waals surface area contributed by atoms with Crippen LogP contribution in [0, 0.1) is 18.8 Å². The van der Waals surface area contributed by atoms with Crippen LogP contribution in [0.25, 0.3) is 0 Å². The van der Waals surface area contributed by atoms with E-state index >= 15 is 0 Å². The smallest absolute Gasteiger partial charge is 0.342 e. The van der Waals surface area contributed by atoms with Gasteiger partial charge in [-0.1, -0.05) is 12.8 Å². The molecule has 0 aromatic carbocycles. The van der Waals surface area contributed by atoms with E-state index in [0.29, 0.717) is 18.2 Å². The van der Waals surface area contributed by atoms with Gasteiger partial charge in [-0.3, -0.25) is 4.79 Å². The minimum absolute atomic E-state index is 0.0162. The number of aryl methyl sites for hydroxylation is 1. The Hall–Kier alpha value is -2.50. The molecular formula is C20H24F3N5O3S. The van der Waals surface area contributed by atoms with E-state index in [1.165, 1.54) is 11.5 Å². The Kier molecular flexibility index (Phi) is 5.76. The quantitative estimate of drug-likeness (QED) is 0.634. The van der Waals surface area contributed by atoms with Crippen LogP contribution < -0.4 is 5.32 Å². The lowest BCUT2D eigenvalue weighted by Crippen LogP contribution is -2.32. The van der Waals surface area contributed by atoms with Crippen LogP contribution in [0.2, 0.25) is 0 Å². The lowest BCUT2D eigenvalue weighted by atomic mass is 10.1. The summed E-state index contributed by atoms with van der Waals surface area (Å²) in [5, 5.41) is 10.6. The van der Waals surface area contributed by atoms with Gasteiger partial charge in [0.2, 0.25) is 15.0 Å². The van der Waals surface area contributed by atoms with Gasteiger partial charge in [-0.05, 0) is 50.2 Å². The number of alkyl halides is 3. The molecule has 2 aromatic rings. The van der Waals surface area contributed by atoms with Crippen LogP contribution in [0.1, 0.15) is 65.7 Å². The van der Waals surface area contributed by atoms with Gasteiger partial charge < -0.3 is 9.88 Å². The predicted octanol–water partition coefficient (Wildman–Crippen LogP) is 2.99. The second-order valence-electron chi connectivity index (χ2n) is 8.66. The monoisotopic (exact) mass is 471 g/mol. The number of carbonyl (C=O) groups is 1. The molecule has 4 rings (SSSR count). The second-order valence-corrected chi connectivity index (χ2v) is 10.6. The maximum Gasteiger partial charge on any atom is 0.433 e. The lowest BCUT2D eigenvalue weighted by Gasteiger charge is -2.19. The normalized spacial score (nSPS) is 17.9. The number of hydrogen-bond acceptors (Lipinski definition) is 6. The van der Waals surface area contributed by atoms with Crippen LogP contribution >= 0.6 is 0 Å². The fourth-order valence-corrected chi connectivity index (χ4v) is 5.46. The predicted molar refractivity (Wildman–Crippen MR) is 107 cm³/mol. The molecule has 1 unspecified atom stereocenters. The third-order valence-corrected chi connectivity index (χ3v) is 7.62. The summed E-state index contributed by atoms with van der Waals surface area (Å²) in [6.07, 6.45) is -0.339. The number of halogens is 3. The van der Waals surface area contributed by atoms with E-state index in [2.05, 4.69) is 20.5 Å². The van der Waals surface area contributed by atoms with Gasteiger partial charge >= 0.3 is 6.18 Å². The Morgan fingerprint density at radius 2 is 1.84 bits per heavy atom. The van der Waals surface area contributed by atoms with Crippen LogP contribution in [0.3, 0.4) is 0 Å². The molecule has 0 saturated heterocycles. The number of rotatable bonds is 8. The largest absolute Gasteiger partial charge is 0.433 e. The Bertz CT molecular complexity index is 1140. The van der Waals surface area contributed by atoms with Gasteiger partial charge in [0.25, 0.3) is 5.91 Å². The molecule has 174 valence electrons. The highest BCUT2D eigenvalue weighted by Gasteiger charge is 2.36. The van der Waals surface area contributed by atoms with Crippen molar-refractivity contribution in [2.75, 3.05) is 5.75 Å². The average molecular weight is 472 g/mol. The van der Waals surface area contributed by atoms with Gasteiger partial charge in [0.05, 0.1) is 23.1 Å². The summed E-state index contributed by atoms with van der Waals surface area (Å²) < 4.78 is 65.4. The first kappa shape index (κ1) is 22.7. The number of nitrogens with one attached hydrogen (secondary N) is 1. The Labute approximate surface area is 183 Å². The molecule has 1 atom stereocenters. The van der Waals surface area contributed by atoms with Crippen molar-refractivity contribution in [3.63, 3.8) is 0 Å². The molecule has 1 amide bonds. The Morgan fingerprint density at radius 1 is 1.19 bits per heavy atom. The standard InChI is InChI=1S/C20H24F3N5O3S/c1-11-14(7-8-16(24-11)20(21,22)23)18(29)25-15(9-12-3-4-12)17-26-27-19(28(17)2)32(30,31)10-13-5-6-13/h7-8,12-13,15H,3-6,9-10H2,1-2H3,(H,25,29). The first-order chi connectivity index (χ1) is 15.0. The van der Waals surface area contributed by atoms with Crippen LogP contribution in [0.4, 0.5) is 13.2 Å². The fourth-order valence-electron chi connectivity index (χ4n) is 3.68. The molecule has 2 fully saturated rings. The molecule has 8 nitrogen and oxygen atoms in total. The Morgan fingerprint density at radius 3 is 2.41 bits per heavy atom. The number of carbonyl (C=O) groups excluding carboxylic acids is 1. The van der Waals surface area contributed by atoms with Crippen molar-refractivity contribution >= 4 is 15.7 Å². The number of sulfone groups is 1. The lowest BCUT2D eigenvalue weighted by molar-refractivity contribution is -0.141. The van der Waals surface area contributed by atoms with E-state index < -0.39 is 33.7 Å². The summed E-state index contributed by atoms with van der Waals surface area (Å²) in [5.41, 5.74) is -1.10. The zero-order valence-electron chi connectivity index (χ0n) is 17.7. The van der Waals surface area contributed by atoms with Crippen molar-refractivity contribution in [1.82, 2.24) is 25.1 Å². The molecule has 12 heteroatoms. The maximum absolute atomic E-state index is 12.9. The van der Waals surface area contributed by atoms with Gasteiger partial charge in [0.1, 0.15) is 5.69 Å². The third-order valence-electron chi connectivity index (χ3n) is 5.80. The molecule has 1 N–H and O–H groups in total. The van der Waals surface area contributed by atoms with Crippen molar-refractivity contribution in [2.45, 2.75) is 56.4 Å². The summed E-state index contributed by atoms with van der Waals surface area (Å²) >= 11 is 0. The highest BCUT2D eigenvalue weighted by Crippen LogP contribution is 2.38. The van der Waals surface area contributed by atoms with E-state index in [9.17, 15) is 26.4 Å². The first-order valence-electron chi connectivity index (χ1n) is 10.4. The summed E-state index contributed by atoms with van der Waals surface area (Å²) in [7, 11) is -2.05. The zero-order chi connectivity index (χ0) is 23.3. The van der Waals surface area contributed by atoms with E-state index in [1.807, 2.05) is 0 Å². The molecule has 2 heterocycles. The molecule has 2 aliphatic carbocycles. The summed E-state index contributed by atoms with van der Waals surface area (Å²) in [6, 6.07) is 1.23. The highest BCUT2D eigenvalue weighted by atomic mass is 32.2. The second kappa shape index (κ2) is 8.13. The number of aromatic nitrogens is 4. The van der Waals surface area contributed by atoms with E-state index in [-0.39, 0.29) is 28.1 Å². The van der Waals surface area contributed by atoms with Gasteiger partial charge in [-0.25, -0.2) is 13.4 Å². The topological polar surface area (TPSA) is 107 Å². The number of pyridine rings is 1. The number of nitrogens with zero attached hydrogens (tertiary/aromatic N) is 4. The van der Waals surface area contributed by atoms with E-state index in [1.54, 1.807) is 7.05 Å². The van der Waals surface area contributed by atoms with Gasteiger partial charge in [-0.15, -0.1) is 10.2 Å². The zero-order valence-corrected chi connectivity index (χ0v) is 18.5. The van der Waals surface area contributed by atoms with Crippen molar-refractivity contribution < 1.29 is 26.4 Å². The van der Waals surface area contributed by atoms with E-state index in [0.717, 1.165) is 37.8 Å². The van der Waals surface area contributed by atoms with Crippen molar-refractivity contribution in [3.05, 3.63) is 34.9 Å². The molecule has 0 radical (unpaired) electrons. The number of amides is 1. The molecule has 0 aliphatic heterocycles. The molecule has 0 bridgehead atoms. The number of hydrogen-bond donors (Lipinski definition) is 1. The summed E-state index contributed by atoms with van der Waals surface area (Å²) in [4.78, 5) is 16.4. The maximum atomic E-state index is 12.9. The SMILES string of the molecule is Cc1nc(C(F)(F)F)ccc1C(=O)NC(CC1CC1)c1nnc(S(=O)(=O)CC2CC2)n1C. The molecular weight excluding hydrogens is 447 g/mol. The minimum atomic E-state index is -4.60. The average Bonchev–Trinajstić information content (AvgIpc) is 3.61. The van der Waals surface area contributed by atoms with Crippen LogP contribution in [-0.4, -0.2) is 39.8 Å². The van der Waals surface area contributed by atoms with Crippen molar-refractivity contribution in [3.8, 4) is 0 Å². The molecule has 0 spiro atoms.